The minimum absolute atomic E-state index is 0.0330. The zero-order chi connectivity index (χ0) is 27.5. The number of halogens is 1. The summed E-state index contributed by atoms with van der Waals surface area (Å²) in [7, 11) is 0. The number of carboxylic acid groups (broad SMARTS) is 1. The lowest BCUT2D eigenvalue weighted by molar-refractivity contribution is -0.143. The number of carbonyl (C=O) groups is 2. The molecule has 4 aliphatic heterocycles. The van der Waals surface area contributed by atoms with Gasteiger partial charge in [-0.25, -0.2) is 4.79 Å². The van der Waals surface area contributed by atoms with Crippen LogP contribution in [0.1, 0.15) is 47.1 Å². The van der Waals surface area contributed by atoms with Crippen LogP contribution in [0.5, 0.6) is 17.2 Å². The summed E-state index contributed by atoms with van der Waals surface area (Å²) in [5, 5.41) is 20.2. The second-order valence-electron chi connectivity index (χ2n) is 10.2. The van der Waals surface area contributed by atoms with Gasteiger partial charge >= 0.3 is 11.9 Å². The van der Waals surface area contributed by atoms with Gasteiger partial charge in [0.25, 0.3) is 0 Å². The van der Waals surface area contributed by atoms with Crippen molar-refractivity contribution in [2.24, 2.45) is 0 Å². The van der Waals surface area contributed by atoms with Crippen LogP contribution in [0.25, 0.3) is 0 Å². The predicted molar refractivity (Wildman–Crippen MR) is 148 cm³/mol. The van der Waals surface area contributed by atoms with Crippen molar-refractivity contribution in [2.75, 3.05) is 18.0 Å². The molecule has 8 heteroatoms. The number of carboxylic acids is 1. The number of aryl methyl sites for hydroxylation is 2. The van der Waals surface area contributed by atoms with Gasteiger partial charge in [-0.15, -0.1) is 0 Å². The number of phenolic OH excluding ortho intramolecular Hbond substituents is 1. The van der Waals surface area contributed by atoms with Crippen molar-refractivity contribution >= 4 is 29.2 Å². The number of fused-ring (bicyclic) bond motifs is 5. The van der Waals surface area contributed by atoms with Gasteiger partial charge in [0, 0.05) is 47.5 Å². The molecule has 4 heterocycles. The summed E-state index contributed by atoms with van der Waals surface area (Å²) >= 11 is 6.76. The van der Waals surface area contributed by atoms with Crippen LogP contribution in [-0.4, -0.2) is 35.2 Å². The zero-order valence-corrected chi connectivity index (χ0v) is 22.1. The van der Waals surface area contributed by atoms with E-state index in [0.717, 1.165) is 44.3 Å². The Morgan fingerprint density at radius 3 is 2.54 bits per heavy atom. The fourth-order valence-electron chi connectivity index (χ4n) is 6.47. The monoisotopic (exact) mass is 545 g/mol. The Morgan fingerprint density at radius 2 is 1.82 bits per heavy atom. The van der Waals surface area contributed by atoms with Crippen LogP contribution in [0.15, 0.2) is 60.7 Å². The van der Waals surface area contributed by atoms with E-state index < -0.39 is 17.5 Å². The highest BCUT2D eigenvalue weighted by molar-refractivity contribution is 6.34. The van der Waals surface area contributed by atoms with E-state index in [-0.39, 0.29) is 29.4 Å². The molecular formula is C31H28ClNO6. The molecule has 39 heavy (non-hydrogen) atoms. The van der Waals surface area contributed by atoms with E-state index in [4.69, 9.17) is 21.1 Å². The average molecular weight is 546 g/mol. The lowest BCUT2D eigenvalue weighted by Gasteiger charge is -2.43. The predicted octanol–water partition coefficient (Wildman–Crippen LogP) is 5.89. The fraction of sp³-hybridized carbons (Fsp3) is 0.290. The van der Waals surface area contributed by atoms with E-state index in [1.807, 2.05) is 0 Å². The molecule has 7 nitrogen and oxygen atoms in total. The molecule has 1 spiro atoms. The normalized spacial score (nSPS) is 22.7. The number of carbonyl (C=O) groups excluding carboxylic acids is 1. The molecule has 0 aliphatic carbocycles. The third kappa shape index (κ3) is 3.63. The van der Waals surface area contributed by atoms with Crippen molar-refractivity contribution in [2.45, 2.75) is 44.1 Å². The topological polar surface area (TPSA) is 96.3 Å². The molecule has 1 fully saturated rings. The van der Waals surface area contributed by atoms with Crippen molar-refractivity contribution in [1.82, 2.24) is 0 Å². The summed E-state index contributed by atoms with van der Waals surface area (Å²) in [6, 6.07) is 3.73. The minimum atomic E-state index is -1.44. The summed E-state index contributed by atoms with van der Waals surface area (Å²) < 4.78 is 12.9. The summed E-state index contributed by atoms with van der Waals surface area (Å²) in [5.41, 5.74) is 4.27. The molecule has 2 aromatic carbocycles. The SMILES string of the molecule is C=C/C=C1/C(=O)OC2(/C1=C/C=C)c1cc(CCC(=O)O)c(O)c(Cl)c1Oc1c2cc2c3c1CCCN3CCC2. The van der Waals surface area contributed by atoms with Crippen LogP contribution in [0.3, 0.4) is 0 Å². The van der Waals surface area contributed by atoms with Crippen molar-refractivity contribution < 1.29 is 29.3 Å². The number of anilines is 1. The second-order valence-corrected chi connectivity index (χ2v) is 10.6. The van der Waals surface area contributed by atoms with Crippen LogP contribution < -0.4 is 9.64 Å². The van der Waals surface area contributed by atoms with Crippen LogP contribution >= 0.6 is 11.6 Å². The van der Waals surface area contributed by atoms with E-state index in [0.29, 0.717) is 33.6 Å². The highest BCUT2D eigenvalue weighted by Crippen LogP contribution is 2.62. The Bertz CT molecular complexity index is 1530. The minimum Gasteiger partial charge on any atom is -0.506 e. The van der Waals surface area contributed by atoms with Gasteiger partial charge in [0.15, 0.2) is 11.4 Å². The van der Waals surface area contributed by atoms with E-state index in [1.54, 1.807) is 24.3 Å². The lowest BCUT2D eigenvalue weighted by Crippen LogP contribution is -2.38. The number of allylic oxidation sites excluding steroid dienone is 4. The van der Waals surface area contributed by atoms with Crippen LogP contribution in [0, 0.1) is 0 Å². The molecule has 200 valence electrons. The summed E-state index contributed by atoms with van der Waals surface area (Å²) in [5.74, 6) is -1.02. The molecule has 4 aliphatic rings. The number of benzene rings is 2. The third-order valence-electron chi connectivity index (χ3n) is 8.02. The maximum absolute atomic E-state index is 13.5. The van der Waals surface area contributed by atoms with Gasteiger partial charge in [0.1, 0.15) is 16.5 Å². The standard InChI is InChI=1S/C31H28ClNO6/c1-3-7-19-21(8-4-2)31(39-30(19)37)22-15-17-9-5-13-33-14-6-10-20(26(17)33)28(22)38-29-23(31)16-18(11-12-24(34)35)27(36)25(29)32/h3-4,7-8,15-16,36H,1-2,5-6,9-14H2,(H,34,35)/b19-7+,21-8+. The summed E-state index contributed by atoms with van der Waals surface area (Å²) in [4.78, 5) is 27.2. The lowest BCUT2D eigenvalue weighted by atomic mass is 9.73. The van der Waals surface area contributed by atoms with Crippen LogP contribution in [-0.2, 0) is 39.2 Å². The first-order valence-electron chi connectivity index (χ1n) is 13.1. The number of hydrogen-bond donors (Lipinski definition) is 2. The highest BCUT2D eigenvalue weighted by atomic mass is 35.5. The van der Waals surface area contributed by atoms with Crippen molar-refractivity contribution in [3.05, 3.63) is 93.6 Å². The first kappa shape index (κ1) is 25.3. The molecule has 1 unspecified atom stereocenters. The molecule has 0 amide bonds. The number of nitrogens with zero attached hydrogens (tertiary/aromatic N) is 1. The largest absolute Gasteiger partial charge is 0.506 e. The zero-order valence-electron chi connectivity index (χ0n) is 21.4. The van der Waals surface area contributed by atoms with Crippen LogP contribution in [0.4, 0.5) is 5.69 Å². The van der Waals surface area contributed by atoms with Crippen LogP contribution in [0.2, 0.25) is 5.02 Å². The van der Waals surface area contributed by atoms with E-state index in [9.17, 15) is 19.8 Å². The number of aromatic hydroxyl groups is 1. The van der Waals surface area contributed by atoms with Gasteiger partial charge in [0.2, 0.25) is 0 Å². The summed E-state index contributed by atoms with van der Waals surface area (Å²) in [6.45, 7) is 9.61. The van der Waals surface area contributed by atoms with Gasteiger partial charge in [-0.05, 0) is 61.4 Å². The fourth-order valence-corrected chi connectivity index (χ4v) is 6.74. The smallest absolute Gasteiger partial charge is 0.340 e. The Balaban J connectivity index is 1.71. The van der Waals surface area contributed by atoms with Crippen molar-refractivity contribution in [1.29, 1.82) is 0 Å². The van der Waals surface area contributed by atoms with Gasteiger partial charge in [0.05, 0.1) is 5.57 Å². The Kier molecular flexibility index (Phi) is 6.07. The highest BCUT2D eigenvalue weighted by Gasteiger charge is 2.57. The molecule has 0 saturated carbocycles. The molecule has 1 atom stereocenters. The van der Waals surface area contributed by atoms with Gasteiger partial charge < -0.3 is 24.6 Å². The van der Waals surface area contributed by atoms with Gasteiger partial charge in [-0.2, -0.15) is 0 Å². The number of aliphatic carboxylic acids is 1. The summed E-state index contributed by atoms with van der Waals surface area (Å²) in [6.07, 6.45) is 9.96. The molecule has 0 aromatic heterocycles. The van der Waals surface area contributed by atoms with E-state index in [2.05, 4.69) is 24.1 Å². The number of phenols is 1. The van der Waals surface area contributed by atoms with E-state index in [1.165, 1.54) is 17.3 Å². The first-order chi connectivity index (χ1) is 18.8. The van der Waals surface area contributed by atoms with Crippen molar-refractivity contribution in [3.63, 3.8) is 0 Å². The molecule has 0 bridgehead atoms. The maximum Gasteiger partial charge on any atom is 0.340 e. The number of ether oxygens (including phenoxy) is 2. The Labute approximate surface area is 231 Å². The molecule has 6 rings (SSSR count). The number of rotatable bonds is 5. The van der Waals surface area contributed by atoms with Gasteiger partial charge in [-0.3, -0.25) is 4.79 Å². The number of esters is 1. The molecule has 0 radical (unpaired) electrons. The Hall–Kier alpha value is -3.97. The molecule has 1 saturated heterocycles. The van der Waals surface area contributed by atoms with E-state index >= 15 is 0 Å². The Morgan fingerprint density at radius 1 is 1.10 bits per heavy atom. The maximum atomic E-state index is 13.5. The van der Waals surface area contributed by atoms with Gasteiger partial charge in [-0.1, -0.05) is 43.0 Å². The number of hydrogen-bond acceptors (Lipinski definition) is 6. The molecular weight excluding hydrogens is 518 g/mol. The molecule has 2 aromatic rings. The van der Waals surface area contributed by atoms with Crippen molar-refractivity contribution in [3.8, 4) is 17.2 Å². The quantitative estimate of drug-likeness (QED) is 0.357. The second kappa shape index (κ2) is 9.35. The average Bonchev–Trinajstić information content (AvgIpc) is 3.18. The third-order valence-corrected chi connectivity index (χ3v) is 8.37. The first-order valence-corrected chi connectivity index (χ1v) is 13.5. The molecule has 2 N–H and O–H groups in total.